The van der Waals surface area contributed by atoms with E-state index >= 15 is 0 Å². The van der Waals surface area contributed by atoms with Crippen molar-refractivity contribution in [2.24, 2.45) is 5.73 Å². The number of methoxy groups -OCH3 is 1. The number of rotatable bonds is 5. The van der Waals surface area contributed by atoms with Gasteiger partial charge in [-0.25, -0.2) is 4.79 Å². The summed E-state index contributed by atoms with van der Waals surface area (Å²) in [5.74, 6) is -1.16. The number of benzene rings is 2. The molecule has 0 spiro atoms. The van der Waals surface area contributed by atoms with E-state index in [0.717, 1.165) is 17.9 Å². The van der Waals surface area contributed by atoms with Gasteiger partial charge in [-0.05, 0) is 24.3 Å². The molecule has 0 fully saturated rings. The summed E-state index contributed by atoms with van der Waals surface area (Å²) in [5.41, 5.74) is 3.78. The second kappa shape index (κ2) is 8.73. The van der Waals surface area contributed by atoms with Gasteiger partial charge in [0.1, 0.15) is 5.75 Å². The number of carbonyl (C=O) groups excluding carboxylic acids is 1. The van der Waals surface area contributed by atoms with Crippen LogP contribution in [0.3, 0.4) is 0 Å². The van der Waals surface area contributed by atoms with Gasteiger partial charge >= 0.3 is 5.97 Å². The molecule has 0 heterocycles. The Labute approximate surface area is 145 Å². The Bertz CT molecular complexity index is 769. The molecule has 0 unspecified atom stereocenters. The van der Waals surface area contributed by atoms with Crippen LogP contribution in [-0.2, 0) is 0 Å². The van der Waals surface area contributed by atoms with E-state index in [4.69, 9.17) is 15.6 Å². The maximum atomic E-state index is 10.6. The number of nitro groups is 2. The van der Waals surface area contributed by atoms with Gasteiger partial charge in [0, 0.05) is 17.7 Å². The summed E-state index contributed by atoms with van der Waals surface area (Å²) >= 11 is 0. The number of aromatic carboxylic acids is 1. The van der Waals surface area contributed by atoms with E-state index in [1.807, 2.05) is 0 Å². The number of non-ortho nitro benzene ring substituents is 2. The summed E-state index contributed by atoms with van der Waals surface area (Å²) < 4.78 is 4.90. The third kappa shape index (κ3) is 5.56. The number of carboxylic acid groups (broad SMARTS) is 1. The number of amides is 1. The SMILES string of the molecule is COc1ccc(C(N)=O)cc1.O=C(O)c1cc([N+](=O)[O-])cc([N+](=O)[O-])c1. The zero-order chi connectivity index (χ0) is 19.9. The summed E-state index contributed by atoms with van der Waals surface area (Å²) in [6.45, 7) is 0. The highest BCUT2D eigenvalue weighted by Crippen LogP contribution is 2.22. The lowest BCUT2D eigenvalue weighted by atomic mass is 10.2. The molecule has 2 aromatic rings. The predicted octanol–water partition coefficient (Wildman–Crippen LogP) is 2.00. The molecule has 0 aliphatic heterocycles. The van der Waals surface area contributed by atoms with Gasteiger partial charge in [-0.3, -0.25) is 25.0 Å². The molecule has 11 nitrogen and oxygen atoms in total. The third-order valence-corrected chi connectivity index (χ3v) is 2.95. The monoisotopic (exact) mass is 363 g/mol. The number of carbonyl (C=O) groups is 2. The summed E-state index contributed by atoms with van der Waals surface area (Å²) in [5, 5.41) is 29.2. The minimum atomic E-state index is -1.46. The molecule has 1 amide bonds. The highest BCUT2D eigenvalue weighted by atomic mass is 16.6. The number of hydrogen-bond donors (Lipinski definition) is 2. The van der Waals surface area contributed by atoms with Crippen molar-refractivity contribution in [2.45, 2.75) is 0 Å². The van der Waals surface area contributed by atoms with E-state index < -0.39 is 38.7 Å². The summed E-state index contributed by atoms with van der Waals surface area (Å²) in [6.07, 6.45) is 0. The van der Waals surface area contributed by atoms with Crippen molar-refractivity contribution >= 4 is 23.3 Å². The fourth-order valence-electron chi connectivity index (χ4n) is 1.68. The Balaban J connectivity index is 0.000000273. The Morgan fingerprint density at radius 3 is 1.73 bits per heavy atom. The number of hydrogen-bond acceptors (Lipinski definition) is 7. The Kier molecular flexibility index (Phi) is 6.72. The molecule has 0 radical (unpaired) electrons. The molecule has 11 heteroatoms. The van der Waals surface area contributed by atoms with Crippen LogP contribution in [0.25, 0.3) is 0 Å². The van der Waals surface area contributed by atoms with Crippen LogP contribution in [-0.4, -0.2) is 33.9 Å². The van der Waals surface area contributed by atoms with Crippen molar-refractivity contribution in [3.63, 3.8) is 0 Å². The molecule has 26 heavy (non-hydrogen) atoms. The van der Waals surface area contributed by atoms with E-state index in [9.17, 15) is 29.8 Å². The van der Waals surface area contributed by atoms with Crippen LogP contribution in [0.5, 0.6) is 5.75 Å². The van der Waals surface area contributed by atoms with Crippen LogP contribution >= 0.6 is 0 Å². The second-order valence-electron chi connectivity index (χ2n) is 4.65. The van der Waals surface area contributed by atoms with E-state index in [1.54, 1.807) is 31.4 Å². The van der Waals surface area contributed by atoms with Gasteiger partial charge < -0.3 is 15.6 Å². The van der Waals surface area contributed by atoms with Crippen LogP contribution in [0.4, 0.5) is 11.4 Å². The molecular formula is C15H13N3O8. The topological polar surface area (TPSA) is 176 Å². The lowest BCUT2D eigenvalue weighted by Crippen LogP contribution is -2.10. The molecule has 0 atom stereocenters. The average Bonchev–Trinajstić information content (AvgIpc) is 2.61. The first-order chi connectivity index (χ1) is 12.1. The van der Waals surface area contributed by atoms with Crippen LogP contribution < -0.4 is 10.5 Å². The van der Waals surface area contributed by atoms with Gasteiger partial charge in [-0.15, -0.1) is 0 Å². The highest BCUT2D eigenvalue weighted by molar-refractivity contribution is 5.92. The molecule has 2 aromatic carbocycles. The van der Waals surface area contributed by atoms with Crippen molar-refractivity contribution in [2.75, 3.05) is 7.11 Å². The minimum absolute atomic E-state index is 0.423. The Morgan fingerprint density at radius 1 is 0.962 bits per heavy atom. The molecule has 2 rings (SSSR count). The molecule has 0 aromatic heterocycles. The number of primary amides is 1. The molecule has 136 valence electrons. The first-order valence-corrected chi connectivity index (χ1v) is 6.76. The molecule has 3 N–H and O–H groups in total. The van der Waals surface area contributed by atoms with Crippen LogP contribution in [0.1, 0.15) is 20.7 Å². The summed E-state index contributed by atoms with van der Waals surface area (Å²) in [7, 11) is 1.57. The zero-order valence-electron chi connectivity index (χ0n) is 13.3. The van der Waals surface area contributed by atoms with Gasteiger partial charge in [0.25, 0.3) is 11.4 Å². The van der Waals surface area contributed by atoms with E-state index in [2.05, 4.69) is 0 Å². The molecule has 0 saturated heterocycles. The zero-order valence-corrected chi connectivity index (χ0v) is 13.3. The third-order valence-electron chi connectivity index (χ3n) is 2.95. The van der Waals surface area contributed by atoms with Crippen molar-refractivity contribution in [1.29, 1.82) is 0 Å². The molecule has 0 aliphatic rings. The fraction of sp³-hybridized carbons (Fsp3) is 0.0667. The Morgan fingerprint density at radius 2 is 1.42 bits per heavy atom. The predicted molar refractivity (Wildman–Crippen MR) is 88.2 cm³/mol. The van der Waals surface area contributed by atoms with Crippen LogP contribution in [0.2, 0.25) is 0 Å². The quantitative estimate of drug-likeness (QED) is 0.598. The average molecular weight is 363 g/mol. The number of nitrogens with two attached hydrogens (primary N) is 1. The van der Waals surface area contributed by atoms with Crippen LogP contribution in [0.15, 0.2) is 42.5 Å². The minimum Gasteiger partial charge on any atom is -0.497 e. The van der Waals surface area contributed by atoms with E-state index in [1.165, 1.54) is 0 Å². The lowest BCUT2D eigenvalue weighted by molar-refractivity contribution is -0.394. The Hall–Kier alpha value is -4.02. The molecule has 0 saturated carbocycles. The van der Waals surface area contributed by atoms with Crippen LogP contribution in [0, 0.1) is 20.2 Å². The lowest BCUT2D eigenvalue weighted by Gasteiger charge is -1.98. The number of carboxylic acids is 1. The van der Waals surface area contributed by atoms with Crippen molar-refractivity contribution in [3.05, 3.63) is 73.8 Å². The van der Waals surface area contributed by atoms with Gasteiger partial charge in [-0.1, -0.05) is 0 Å². The van der Waals surface area contributed by atoms with Crippen molar-refractivity contribution in [3.8, 4) is 5.75 Å². The molecule has 0 aliphatic carbocycles. The standard InChI is InChI=1S/C8H9NO2.C7H4N2O6/c1-11-7-4-2-6(3-5-7)8(9)10;10-7(11)4-1-5(8(12)13)3-6(2-4)9(14)15/h2-5H,1H3,(H2,9,10);1-3H,(H,10,11). The fourth-order valence-corrected chi connectivity index (χ4v) is 1.68. The van der Waals surface area contributed by atoms with Gasteiger partial charge in [0.2, 0.25) is 5.91 Å². The first-order valence-electron chi connectivity index (χ1n) is 6.76. The van der Waals surface area contributed by atoms with Gasteiger partial charge in [0.05, 0.1) is 28.6 Å². The number of ether oxygens (including phenoxy) is 1. The molecular weight excluding hydrogens is 350 g/mol. The molecule has 0 bridgehead atoms. The summed E-state index contributed by atoms with van der Waals surface area (Å²) in [4.78, 5) is 40.0. The maximum Gasteiger partial charge on any atom is 0.336 e. The second-order valence-corrected chi connectivity index (χ2v) is 4.65. The largest absolute Gasteiger partial charge is 0.497 e. The number of nitro benzene ring substituents is 2. The maximum absolute atomic E-state index is 10.6. The first kappa shape index (κ1) is 20.0. The smallest absolute Gasteiger partial charge is 0.336 e. The van der Waals surface area contributed by atoms with Gasteiger partial charge in [0.15, 0.2) is 0 Å². The summed E-state index contributed by atoms with van der Waals surface area (Å²) in [6, 6.07) is 8.86. The van der Waals surface area contributed by atoms with Gasteiger partial charge in [-0.2, -0.15) is 0 Å². The highest BCUT2D eigenvalue weighted by Gasteiger charge is 2.19. The van der Waals surface area contributed by atoms with Crippen molar-refractivity contribution in [1.82, 2.24) is 0 Å². The van der Waals surface area contributed by atoms with E-state index in [0.29, 0.717) is 11.6 Å². The normalized spacial score (nSPS) is 9.42. The van der Waals surface area contributed by atoms with E-state index in [-0.39, 0.29) is 0 Å². The van der Waals surface area contributed by atoms with Crippen molar-refractivity contribution < 1.29 is 29.3 Å². The number of nitrogens with zero attached hydrogens (tertiary/aromatic N) is 2.